The highest BCUT2D eigenvalue weighted by atomic mass is 16.4. The van der Waals surface area contributed by atoms with Crippen molar-refractivity contribution < 1.29 is 8.83 Å². The SMILES string of the molecule is Cc1ccc2oc(-c3ccc(C=Cc4ccc(-c5nc6cc(C(C)(C)C)ccc6o5)cc4)cc3)nc2c1. The first kappa shape index (κ1) is 23.0. The van der Waals surface area contributed by atoms with Gasteiger partial charge in [0.25, 0.3) is 0 Å². The number of hydrogen-bond donors (Lipinski definition) is 0. The van der Waals surface area contributed by atoms with Gasteiger partial charge in [-0.15, -0.1) is 0 Å². The summed E-state index contributed by atoms with van der Waals surface area (Å²) in [5, 5.41) is 0. The van der Waals surface area contributed by atoms with Gasteiger partial charge in [-0.25, -0.2) is 9.97 Å². The van der Waals surface area contributed by atoms with Crippen LogP contribution >= 0.6 is 0 Å². The largest absolute Gasteiger partial charge is 0.436 e. The highest BCUT2D eigenvalue weighted by Gasteiger charge is 2.16. The molecule has 0 radical (unpaired) electrons. The van der Waals surface area contributed by atoms with Crippen LogP contribution in [0.5, 0.6) is 0 Å². The molecule has 0 aliphatic carbocycles. The zero-order chi connectivity index (χ0) is 25.6. The van der Waals surface area contributed by atoms with Crippen LogP contribution in [0.4, 0.5) is 0 Å². The number of oxazole rings is 2. The van der Waals surface area contributed by atoms with Crippen LogP contribution in [0, 0.1) is 6.92 Å². The second-order valence-corrected chi connectivity index (χ2v) is 10.5. The van der Waals surface area contributed by atoms with Crippen LogP contribution < -0.4 is 0 Å². The Hall–Kier alpha value is -4.44. The molecule has 0 bridgehead atoms. The minimum Gasteiger partial charge on any atom is -0.436 e. The Morgan fingerprint density at radius 1 is 0.595 bits per heavy atom. The molecule has 0 fully saturated rings. The van der Waals surface area contributed by atoms with E-state index in [9.17, 15) is 0 Å². The summed E-state index contributed by atoms with van der Waals surface area (Å²) in [4.78, 5) is 9.37. The van der Waals surface area contributed by atoms with Crippen molar-refractivity contribution in [2.45, 2.75) is 33.1 Å². The van der Waals surface area contributed by atoms with Gasteiger partial charge in [0.05, 0.1) is 0 Å². The molecular weight excluding hydrogens is 456 g/mol. The number of benzene rings is 4. The lowest BCUT2D eigenvalue weighted by atomic mass is 9.87. The highest BCUT2D eigenvalue weighted by molar-refractivity contribution is 5.79. The molecule has 0 unspecified atom stereocenters. The molecule has 2 aromatic heterocycles. The molecular formula is C33H28N2O2. The van der Waals surface area contributed by atoms with Crippen molar-refractivity contribution in [3.63, 3.8) is 0 Å². The van der Waals surface area contributed by atoms with Crippen LogP contribution in [0.25, 0.3) is 57.3 Å². The molecule has 0 spiro atoms. The minimum atomic E-state index is 0.0745. The second kappa shape index (κ2) is 8.90. The van der Waals surface area contributed by atoms with Crippen LogP contribution in [0.1, 0.15) is 43.0 Å². The van der Waals surface area contributed by atoms with E-state index in [1.165, 1.54) is 11.1 Å². The summed E-state index contributed by atoms with van der Waals surface area (Å²) in [5.74, 6) is 1.28. The second-order valence-electron chi connectivity index (χ2n) is 10.5. The van der Waals surface area contributed by atoms with E-state index in [1.54, 1.807) is 0 Å². The molecule has 37 heavy (non-hydrogen) atoms. The van der Waals surface area contributed by atoms with E-state index in [1.807, 2.05) is 48.5 Å². The molecule has 182 valence electrons. The standard InChI is InChI=1S/C33H28N2O2/c1-21-5-17-29-27(19-21)34-31(36-29)24-12-8-22(9-13-24)6-7-23-10-14-25(15-11-23)32-35-28-20-26(33(2,3)4)16-18-30(28)37-32/h5-20H,1-4H3. The summed E-state index contributed by atoms with van der Waals surface area (Å²) in [7, 11) is 0. The van der Waals surface area contributed by atoms with Crippen molar-refractivity contribution in [3.8, 4) is 22.9 Å². The third-order valence-electron chi connectivity index (χ3n) is 6.58. The van der Waals surface area contributed by atoms with Crippen LogP contribution in [-0.4, -0.2) is 9.97 Å². The van der Waals surface area contributed by atoms with E-state index in [-0.39, 0.29) is 5.41 Å². The Bertz CT molecular complexity index is 1750. The fraction of sp³-hybridized carbons (Fsp3) is 0.152. The number of aryl methyl sites for hydroxylation is 1. The first-order valence-electron chi connectivity index (χ1n) is 12.5. The Balaban J connectivity index is 1.17. The molecule has 0 saturated carbocycles. The number of hydrogen-bond acceptors (Lipinski definition) is 4. The Morgan fingerprint density at radius 2 is 1.08 bits per heavy atom. The van der Waals surface area contributed by atoms with Gasteiger partial charge < -0.3 is 8.83 Å². The van der Waals surface area contributed by atoms with Crippen LogP contribution in [0.2, 0.25) is 0 Å². The van der Waals surface area contributed by atoms with Crippen molar-refractivity contribution in [2.75, 3.05) is 0 Å². The third kappa shape index (κ3) is 4.70. The normalized spacial score (nSPS) is 12.2. The number of aromatic nitrogens is 2. The molecule has 0 N–H and O–H groups in total. The highest BCUT2D eigenvalue weighted by Crippen LogP contribution is 2.30. The first-order valence-corrected chi connectivity index (χ1v) is 12.5. The summed E-state index contributed by atoms with van der Waals surface area (Å²) < 4.78 is 11.9. The Kier molecular flexibility index (Phi) is 5.53. The van der Waals surface area contributed by atoms with Gasteiger partial charge in [-0.05, 0) is 83.1 Å². The smallest absolute Gasteiger partial charge is 0.227 e. The summed E-state index contributed by atoms with van der Waals surface area (Å²) in [6.45, 7) is 8.66. The third-order valence-corrected chi connectivity index (χ3v) is 6.58. The lowest BCUT2D eigenvalue weighted by Crippen LogP contribution is -2.10. The number of fused-ring (bicyclic) bond motifs is 2. The maximum Gasteiger partial charge on any atom is 0.227 e. The van der Waals surface area contributed by atoms with E-state index in [0.29, 0.717) is 11.8 Å². The number of nitrogens with zero attached hydrogens (tertiary/aromatic N) is 2. The van der Waals surface area contributed by atoms with Gasteiger partial charge >= 0.3 is 0 Å². The summed E-state index contributed by atoms with van der Waals surface area (Å²) in [6, 6.07) is 28.8. The van der Waals surface area contributed by atoms with Gasteiger partial charge in [-0.1, -0.05) is 69.3 Å². The molecule has 6 rings (SSSR count). The summed E-state index contributed by atoms with van der Waals surface area (Å²) in [6.07, 6.45) is 4.20. The average molecular weight is 485 g/mol. The first-order chi connectivity index (χ1) is 17.8. The van der Waals surface area contributed by atoms with Crippen molar-refractivity contribution in [3.05, 3.63) is 107 Å². The van der Waals surface area contributed by atoms with Gasteiger partial charge in [-0.2, -0.15) is 0 Å². The van der Waals surface area contributed by atoms with E-state index in [4.69, 9.17) is 13.8 Å². The van der Waals surface area contributed by atoms with E-state index >= 15 is 0 Å². The van der Waals surface area contributed by atoms with Gasteiger partial charge in [-0.3, -0.25) is 0 Å². The number of rotatable bonds is 4. The van der Waals surface area contributed by atoms with Gasteiger partial charge in [0, 0.05) is 11.1 Å². The van der Waals surface area contributed by atoms with E-state index < -0.39 is 0 Å². The van der Waals surface area contributed by atoms with Crippen molar-refractivity contribution in [2.24, 2.45) is 0 Å². The molecule has 4 heteroatoms. The van der Waals surface area contributed by atoms with Gasteiger partial charge in [0.2, 0.25) is 11.8 Å². The van der Waals surface area contributed by atoms with Crippen molar-refractivity contribution in [1.82, 2.24) is 9.97 Å². The fourth-order valence-electron chi connectivity index (χ4n) is 4.34. The van der Waals surface area contributed by atoms with E-state index in [2.05, 4.69) is 81.2 Å². The minimum absolute atomic E-state index is 0.0745. The van der Waals surface area contributed by atoms with Gasteiger partial charge in [0.1, 0.15) is 11.0 Å². The quantitative estimate of drug-likeness (QED) is 0.234. The molecule has 0 aliphatic heterocycles. The van der Waals surface area contributed by atoms with E-state index in [0.717, 1.165) is 44.5 Å². The molecule has 6 aromatic rings. The topological polar surface area (TPSA) is 52.1 Å². The van der Waals surface area contributed by atoms with Crippen molar-refractivity contribution >= 4 is 34.4 Å². The maximum atomic E-state index is 6.02. The fourth-order valence-corrected chi connectivity index (χ4v) is 4.34. The zero-order valence-electron chi connectivity index (χ0n) is 21.4. The summed E-state index contributed by atoms with van der Waals surface area (Å²) >= 11 is 0. The van der Waals surface area contributed by atoms with Crippen LogP contribution in [-0.2, 0) is 5.41 Å². The molecule has 0 aliphatic rings. The predicted octanol–water partition coefficient (Wildman–Crippen LogP) is 9.08. The Labute approximate surface area is 216 Å². The van der Waals surface area contributed by atoms with Crippen LogP contribution in [0.3, 0.4) is 0 Å². The lowest BCUT2D eigenvalue weighted by Gasteiger charge is -2.18. The van der Waals surface area contributed by atoms with Crippen molar-refractivity contribution in [1.29, 1.82) is 0 Å². The van der Waals surface area contributed by atoms with Crippen LogP contribution in [0.15, 0.2) is 93.8 Å². The molecule has 0 atom stereocenters. The maximum absolute atomic E-state index is 6.02. The zero-order valence-corrected chi connectivity index (χ0v) is 21.4. The Morgan fingerprint density at radius 3 is 1.59 bits per heavy atom. The predicted molar refractivity (Wildman–Crippen MR) is 151 cm³/mol. The van der Waals surface area contributed by atoms with Gasteiger partial charge in [0.15, 0.2) is 11.2 Å². The lowest BCUT2D eigenvalue weighted by molar-refractivity contribution is 0.590. The molecule has 0 saturated heterocycles. The molecule has 0 amide bonds. The molecule has 4 aromatic carbocycles. The monoisotopic (exact) mass is 484 g/mol. The molecule has 4 nitrogen and oxygen atoms in total. The summed E-state index contributed by atoms with van der Waals surface area (Å²) in [5.41, 5.74) is 10.0. The molecule has 2 heterocycles. The average Bonchev–Trinajstić information content (AvgIpc) is 3.51.